The van der Waals surface area contributed by atoms with E-state index in [9.17, 15) is 27.2 Å². The van der Waals surface area contributed by atoms with Crippen molar-refractivity contribution in [3.8, 4) is 0 Å². The second-order valence-electron chi connectivity index (χ2n) is 9.11. The van der Waals surface area contributed by atoms with Crippen molar-refractivity contribution in [1.29, 1.82) is 0 Å². The van der Waals surface area contributed by atoms with Gasteiger partial charge in [-0.25, -0.2) is 4.39 Å². The van der Waals surface area contributed by atoms with Gasteiger partial charge in [-0.15, -0.1) is 0 Å². The molecule has 0 spiro atoms. The van der Waals surface area contributed by atoms with Crippen LogP contribution in [-0.4, -0.2) is 63.1 Å². The van der Waals surface area contributed by atoms with Crippen LogP contribution < -0.4 is 0 Å². The predicted octanol–water partition coefficient (Wildman–Crippen LogP) is 5.84. The number of carbonyl (C=O) groups excluding carboxylic acids is 2. The van der Waals surface area contributed by atoms with Crippen LogP contribution in [0.4, 0.5) is 22.4 Å². The van der Waals surface area contributed by atoms with Crippen LogP contribution in [0.1, 0.15) is 23.1 Å². The molecular formula is C25H21ClF4N4O2S. The molecule has 37 heavy (non-hydrogen) atoms. The van der Waals surface area contributed by atoms with Crippen molar-refractivity contribution in [3.63, 3.8) is 0 Å². The Balaban J connectivity index is 1.39. The summed E-state index contributed by atoms with van der Waals surface area (Å²) in [6.45, 7) is 0.633. The minimum atomic E-state index is -4.56. The van der Waals surface area contributed by atoms with Gasteiger partial charge in [0.2, 0.25) is 0 Å². The number of hydrogen-bond acceptors (Lipinski definition) is 5. The molecule has 0 aliphatic carbocycles. The molecule has 2 aliphatic heterocycles. The largest absolute Gasteiger partial charge is 0.416 e. The Morgan fingerprint density at radius 3 is 2.70 bits per heavy atom. The number of halogens is 5. The third-order valence-electron chi connectivity index (χ3n) is 6.53. The average Bonchev–Trinajstić information content (AvgIpc) is 3.34. The van der Waals surface area contributed by atoms with Gasteiger partial charge in [0.05, 0.1) is 34.8 Å². The minimum Gasteiger partial charge on any atom is -0.303 e. The summed E-state index contributed by atoms with van der Waals surface area (Å²) in [6.07, 6.45) is -2.42. The molecule has 3 heterocycles. The summed E-state index contributed by atoms with van der Waals surface area (Å²) in [5.74, 6) is -0.523. The van der Waals surface area contributed by atoms with Gasteiger partial charge in [-0.05, 0) is 66.7 Å². The Hall–Kier alpha value is -2.89. The van der Waals surface area contributed by atoms with E-state index >= 15 is 0 Å². The number of benzene rings is 2. The van der Waals surface area contributed by atoms with Crippen LogP contribution in [0.15, 0.2) is 47.5 Å². The zero-order valence-corrected chi connectivity index (χ0v) is 21.1. The highest BCUT2D eigenvalue weighted by Gasteiger charge is 2.44. The topological polar surface area (TPSA) is 58.4 Å². The van der Waals surface area contributed by atoms with Crippen LogP contribution in [0.5, 0.6) is 0 Å². The summed E-state index contributed by atoms with van der Waals surface area (Å²) in [4.78, 5) is 28.6. The molecule has 2 aromatic carbocycles. The van der Waals surface area contributed by atoms with Gasteiger partial charge in [-0.1, -0.05) is 23.7 Å². The molecule has 2 atom stereocenters. The molecular weight excluding hydrogens is 532 g/mol. The fraction of sp³-hybridized carbons (Fsp3) is 0.320. The highest BCUT2D eigenvalue weighted by molar-refractivity contribution is 8.18. The van der Waals surface area contributed by atoms with Gasteiger partial charge in [0.15, 0.2) is 0 Å². The number of nitrogens with zero attached hydrogens (tertiary/aromatic N) is 4. The number of likely N-dealkylation sites (tertiary alicyclic amines) is 1. The highest BCUT2D eigenvalue weighted by Crippen LogP contribution is 2.37. The van der Waals surface area contributed by atoms with Crippen molar-refractivity contribution in [3.05, 3.63) is 69.2 Å². The molecule has 0 radical (unpaired) electrons. The van der Waals surface area contributed by atoms with Crippen LogP contribution in [0.2, 0.25) is 5.02 Å². The molecule has 2 aliphatic rings. The fourth-order valence-electron chi connectivity index (χ4n) is 4.69. The summed E-state index contributed by atoms with van der Waals surface area (Å²) >= 11 is 6.54. The molecule has 0 saturated carbocycles. The number of alkyl halides is 4. The van der Waals surface area contributed by atoms with E-state index in [0.717, 1.165) is 22.7 Å². The van der Waals surface area contributed by atoms with Crippen LogP contribution >= 0.6 is 23.4 Å². The second-order valence-corrected chi connectivity index (χ2v) is 10.5. The smallest absolute Gasteiger partial charge is 0.303 e. The quantitative estimate of drug-likeness (QED) is 0.301. The molecule has 6 nitrogen and oxygen atoms in total. The van der Waals surface area contributed by atoms with Crippen molar-refractivity contribution in [1.82, 2.24) is 19.6 Å². The van der Waals surface area contributed by atoms with E-state index in [0.29, 0.717) is 29.4 Å². The fourth-order valence-corrected chi connectivity index (χ4v) is 5.74. The predicted molar refractivity (Wildman–Crippen MR) is 134 cm³/mol. The van der Waals surface area contributed by atoms with Gasteiger partial charge in [-0.2, -0.15) is 18.3 Å². The van der Waals surface area contributed by atoms with Gasteiger partial charge in [0, 0.05) is 23.5 Å². The first kappa shape index (κ1) is 25.7. The number of piperidine rings is 1. The molecule has 194 valence electrons. The molecule has 0 unspecified atom stereocenters. The van der Waals surface area contributed by atoms with Crippen molar-refractivity contribution in [2.75, 3.05) is 20.1 Å². The summed E-state index contributed by atoms with van der Waals surface area (Å²) in [5, 5.41) is 4.39. The summed E-state index contributed by atoms with van der Waals surface area (Å²) in [5.41, 5.74) is 0.413. The van der Waals surface area contributed by atoms with Crippen molar-refractivity contribution >= 4 is 51.5 Å². The molecule has 5 rings (SSSR count). The lowest BCUT2D eigenvalue weighted by atomic mass is 10.0. The van der Waals surface area contributed by atoms with Gasteiger partial charge in [0.1, 0.15) is 6.17 Å². The van der Waals surface area contributed by atoms with Gasteiger partial charge in [-0.3, -0.25) is 19.2 Å². The van der Waals surface area contributed by atoms with Gasteiger partial charge < -0.3 is 4.90 Å². The maximum Gasteiger partial charge on any atom is 0.416 e. The highest BCUT2D eigenvalue weighted by atomic mass is 35.5. The lowest BCUT2D eigenvalue weighted by Gasteiger charge is -2.36. The third-order valence-corrected chi connectivity index (χ3v) is 7.65. The third kappa shape index (κ3) is 5.12. The SMILES string of the molecule is CN1CC[C@H](N2C(=O)SC(=Cc3ccc4c(cnn4Cc4ccc(Cl)cc4C(F)(F)F)c3)C2=O)[C@H](F)C1. The number of rotatable bonds is 4. The minimum absolute atomic E-state index is 0.00619. The van der Waals surface area contributed by atoms with Crippen LogP contribution in [0, 0.1) is 0 Å². The molecule has 3 aromatic rings. The number of fused-ring (bicyclic) bond motifs is 1. The first-order valence-corrected chi connectivity index (χ1v) is 12.6. The number of amides is 2. The van der Waals surface area contributed by atoms with Crippen molar-refractivity contribution in [2.24, 2.45) is 0 Å². The van der Waals surface area contributed by atoms with E-state index in [1.165, 1.54) is 23.0 Å². The van der Waals surface area contributed by atoms with Crippen LogP contribution in [-0.2, 0) is 17.5 Å². The lowest BCUT2D eigenvalue weighted by molar-refractivity contribution is -0.138. The summed E-state index contributed by atoms with van der Waals surface area (Å²) in [7, 11) is 1.79. The Labute approximate surface area is 218 Å². The van der Waals surface area contributed by atoms with Crippen LogP contribution in [0.3, 0.4) is 0 Å². The van der Waals surface area contributed by atoms with E-state index in [1.807, 2.05) is 4.90 Å². The Morgan fingerprint density at radius 1 is 1.19 bits per heavy atom. The Kier molecular flexibility index (Phi) is 6.80. The van der Waals surface area contributed by atoms with Gasteiger partial charge >= 0.3 is 6.18 Å². The lowest BCUT2D eigenvalue weighted by Crippen LogP contribution is -2.52. The number of imide groups is 1. The van der Waals surface area contributed by atoms with Gasteiger partial charge in [0.25, 0.3) is 11.1 Å². The summed E-state index contributed by atoms with van der Waals surface area (Å²) in [6, 6.07) is 7.95. The van der Waals surface area contributed by atoms with E-state index in [4.69, 9.17) is 11.6 Å². The normalized spacial score (nSPS) is 22.5. The number of carbonyl (C=O) groups is 2. The molecule has 2 amide bonds. The monoisotopic (exact) mass is 552 g/mol. The maximum absolute atomic E-state index is 14.6. The van der Waals surface area contributed by atoms with Crippen LogP contribution in [0.25, 0.3) is 17.0 Å². The molecule has 2 saturated heterocycles. The number of thioether (sulfide) groups is 1. The van der Waals surface area contributed by atoms with E-state index < -0.39 is 35.1 Å². The zero-order chi connectivity index (χ0) is 26.5. The van der Waals surface area contributed by atoms with E-state index in [2.05, 4.69) is 5.10 Å². The number of hydrogen-bond donors (Lipinski definition) is 0. The molecule has 0 bridgehead atoms. The molecule has 1 aromatic heterocycles. The van der Waals surface area contributed by atoms with Crippen molar-refractivity contribution in [2.45, 2.75) is 31.4 Å². The van der Waals surface area contributed by atoms with E-state index in [-0.39, 0.29) is 28.6 Å². The Morgan fingerprint density at radius 2 is 1.97 bits per heavy atom. The first-order valence-electron chi connectivity index (χ1n) is 11.4. The average molecular weight is 553 g/mol. The maximum atomic E-state index is 14.6. The second kappa shape index (κ2) is 9.77. The standard InChI is InChI=1S/C25H21ClF4N4O2S/c1-32-7-6-21(19(27)13-32)34-23(35)22(37-24(34)36)9-14-2-5-20-16(8-14)11-31-33(20)12-15-3-4-17(26)10-18(15)25(28,29)30/h2-5,8-11,19,21H,6-7,12-13H2,1H3/t19-,21+/m1/s1. The summed E-state index contributed by atoms with van der Waals surface area (Å²) < 4.78 is 56.5. The molecule has 2 fully saturated rings. The van der Waals surface area contributed by atoms with E-state index in [1.54, 1.807) is 31.3 Å². The number of aromatic nitrogens is 2. The van der Waals surface area contributed by atoms with Crippen molar-refractivity contribution < 1.29 is 27.2 Å². The Bertz CT molecular complexity index is 1420. The molecule has 12 heteroatoms. The zero-order valence-electron chi connectivity index (χ0n) is 19.5. The first-order chi connectivity index (χ1) is 17.5. The molecule has 0 N–H and O–H groups in total.